The lowest BCUT2D eigenvalue weighted by Gasteiger charge is -2.70. The third-order valence-electron chi connectivity index (χ3n) is 6.85. The van der Waals surface area contributed by atoms with Gasteiger partial charge in [0.15, 0.2) is 0 Å². The zero-order chi connectivity index (χ0) is 19.9. The van der Waals surface area contributed by atoms with Gasteiger partial charge >= 0.3 is 0 Å². The van der Waals surface area contributed by atoms with E-state index in [2.05, 4.69) is 22.9 Å². The molecule has 1 aliphatic heterocycles. The number of hydrogen-bond acceptors (Lipinski definition) is 4. The van der Waals surface area contributed by atoms with Crippen LogP contribution in [0.15, 0.2) is 0 Å². The highest BCUT2D eigenvalue weighted by atomic mass is 35.5. The van der Waals surface area contributed by atoms with Gasteiger partial charge in [0.1, 0.15) is 12.8 Å². The Morgan fingerprint density at radius 1 is 1.14 bits per heavy atom. The molecule has 3 N–H and O–H groups in total. The van der Waals surface area contributed by atoms with E-state index in [0.29, 0.717) is 18.9 Å². The Kier molecular flexibility index (Phi) is 5.62. The van der Waals surface area contributed by atoms with Crippen LogP contribution in [0.4, 0.5) is 4.39 Å². The van der Waals surface area contributed by atoms with Crippen LogP contribution in [0.5, 0.6) is 0 Å². The maximum absolute atomic E-state index is 13.6. The molecule has 28 heavy (non-hydrogen) atoms. The lowest BCUT2D eigenvalue weighted by molar-refractivity contribution is -0.154. The largest absolute Gasteiger partial charge is 0.368 e. The normalized spacial score (nSPS) is 44.8. The lowest BCUT2D eigenvalue weighted by atomic mass is 9.44. The van der Waals surface area contributed by atoms with Crippen molar-refractivity contribution in [3.05, 3.63) is 0 Å². The molecule has 2 bridgehead atoms. The molecule has 0 aromatic heterocycles. The second kappa shape index (κ2) is 7.73. The van der Waals surface area contributed by atoms with Crippen molar-refractivity contribution in [3.63, 3.8) is 0 Å². The van der Waals surface area contributed by atoms with E-state index in [-0.39, 0.29) is 48.1 Å². The molecule has 8 heteroatoms. The van der Waals surface area contributed by atoms with Crippen LogP contribution in [0.2, 0.25) is 0 Å². The molecule has 5 unspecified atom stereocenters. The molecule has 1 saturated heterocycles. The first-order valence-corrected chi connectivity index (χ1v) is 11.0. The summed E-state index contributed by atoms with van der Waals surface area (Å²) in [6.45, 7) is 2.07. The SMILES string of the molecule is CC1CCCC(C(=O)NC23CC(NC(=O)COC4CCC(Cl)C(F)C4)(C2)C3)N1. The molecule has 5 rings (SSSR count). The summed E-state index contributed by atoms with van der Waals surface area (Å²) < 4.78 is 19.2. The number of carbonyl (C=O) groups is 2. The highest BCUT2D eigenvalue weighted by Gasteiger charge is 2.69. The number of amides is 2. The molecule has 5 fully saturated rings. The van der Waals surface area contributed by atoms with E-state index in [9.17, 15) is 14.0 Å². The minimum atomic E-state index is -1.06. The van der Waals surface area contributed by atoms with Crippen LogP contribution in [0.25, 0.3) is 0 Å². The maximum Gasteiger partial charge on any atom is 0.246 e. The van der Waals surface area contributed by atoms with Gasteiger partial charge in [-0.3, -0.25) is 9.59 Å². The van der Waals surface area contributed by atoms with Crippen LogP contribution in [0.3, 0.4) is 0 Å². The first kappa shape index (κ1) is 20.4. The smallest absolute Gasteiger partial charge is 0.246 e. The summed E-state index contributed by atoms with van der Waals surface area (Å²) in [5, 5.41) is 9.18. The van der Waals surface area contributed by atoms with E-state index in [0.717, 1.165) is 38.5 Å². The summed E-state index contributed by atoms with van der Waals surface area (Å²) >= 11 is 5.88. The van der Waals surface area contributed by atoms with Crippen LogP contribution >= 0.6 is 11.6 Å². The van der Waals surface area contributed by atoms with Crippen molar-refractivity contribution in [2.24, 2.45) is 0 Å². The minimum absolute atomic E-state index is 0.0463. The molecule has 0 spiro atoms. The van der Waals surface area contributed by atoms with Crippen LogP contribution < -0.4 is 16.0 Å². The molecule has 0 radical (unpaired) electrons. The van der Waals surface area contributed by atoms with Gasteiger partial charge in [-0.05, 0) is 58.3 Å². The molecule has 0 aromatic carbocycles. The topological polar surface area (TPSA) is 79.5 Å². The van der Waals surface area contributed by atoms with Crippen molar-refractivity contribution in [1.29, 1.82) is 0 Å². The third-order valence-corrected chi connectivity index (χ3v) is 7.34. The van der Waals surface area contributed by atoms with Crippen LogP contribution in [-0.2, 0) is 14.3 Å². The zero-order valence-electron chi connectivity index (χ0n) is 16.4. The van der Waals surface area contributed by atoms with E-state index in [1.165, 1.54) is 0 Å². The number of piperidine rings is 1. The molecule has 158 valence electrons. The second-order valence-corrected chi connectivity index (χ2v) is 10.0. The number of alkyl halides is 2. The van der Waals surface area contributed by atoms with E-state index in [1.807, 2.05) is 0 Å². The standard InChI is InChI=1S/C20H31ClFN3O3/c1-12-3-2-4-16(23-12)18(27)25-20-9-19(10-20,11-20)24-17(26)8-28-13-5-6-14(21)15(22)7-13/h12-16,23H,2-11H2,1H3,(H,24,26)(H,25,27). The number of rotatable bonds is 6. The Bertz CT molecular complexity index is 614. The van der Waals surface area contributed by atoms with E-state index in [1.54, 1.807) is 0 Å². The van der Waals surface area contributed by atoms with E-state index >= 15 is 0 Å². The van der Waals surface area contributed by atoms with Gasteiger partial charge in [0, 0.05) is 23.5 Å². The highest BCUT2D eigenvalue weighted by Crippen LogP contribution is 2.60. The second-order valence-electron chi connectivity index (χ2n) is 9.46. The van der Waals surface area contributed by atoms with Crippen LogP contribution in [0, 0.1) is 0 Å². The summed E-state index contributed by atoms with van der Waals surface area (Å²) in [6.07, 6.45) is 5.65. The molecule has 5 aliphatic rings. The van der Waals surface area contributed by atoms with Crippen LogP contribution in [0.1, 0.15) is 64.7 Å². The molecular weight excluding hydrogens is 385 g/mol. The molecule has 4 aliphatic carbocycles. The van der Waals surface area contributed by atoms with Crippen molar-refractivity contribution in [1.82, 2.24) is 16.0 Å². The van der Waals surface area contributed by atoms with Gasteiger partial charge in [0.2, 0.25) is 11.8 Å². The molecule has 6 nitrogen and oxygen atoms in total. The van der Waals surface area contributed by atoms with Crippen molar-refractivity contribution >= 4 is 23.4 Å². The number of nitrogens with one attached hydrogen (secondary N) is 3. The van der Waals surface area contributed by atoms with Gasteiger partial charge < -0.3 is 20.7 Å². The zero-order valence-corrected chi connectivity index (χ0v) is 17.2. The molecule has 0 aromatic rings. The van der Waals surface area contributed by atoms with E-state index in [4.69, 9.17) is 16.3 Å². The monoisotopic (exact) mass is 415 g/mol. The Hall–Kier alpha value is -0.920. The Morgan fingerprint density at radius 3 is 2.54 bits per heavy atom. The van der Waals surface area contributed by atoms with Gasteiger partial charge in [0.25, 0.3) is 0 Å². The first-order chi connectivity index (χ1) is 13.3. The fraction of sp³-hybridized carbons (Fsp3) is 0.900. The van der Waals surface area contributed by atoms with Crippen LogP contribution in [-0.4, -0.2) is 59.2 Å². The first-order valence-electron chi connectivity index (χ1n) is 10.6. The fourth-order valence-electron chi connectivity index (χ4n) is 5.47. The summed E-state index contributed by atoms with van der Waals surface area (Å²) in [7, 11) is 0. The van der Waals surface area contributed by atoms with Gasteiger partial charge in [-0.25, -0.2) is 4.39 Å². The van der Waals surface area contributed by atoms with Crippen molar-refractivity contribution in [3.8, 4) is 0 Å². The predicted molar refractivity (Wildman–Crippen MR) is 104 cm³/mol. The van der Waals surface area contributed by atoms with Gasteiger partial charge in [-0.15, -0.1) is 11.6 Å². The Labute approximate surface area is 170 Å². The van der Waals surface area contributed by atoms with Gasteiger partial charge in [-0.2, -0.15) is 0 Å². The average molecular weight is 416 g/mol. The number of hydrogen-bond donors (Lipinski definition) is 3. The average Bonchev–Trinajstić information content (AvgIpc) is 2.59. The maximum atomic E-state index is 13.6. The molecule has 1 heterocycles. The number of ether oxygens (including phenoxy) is 1. The predicted octanol–water partition coefficient (Wildman–Crippen LogP) is 1.94. The fourth-order valence-corrected chi connectivity index (χ4v) is 5.69. The number of carbonyl (C=O) groups excluding carboxylic acids is 2. The van der Waals surface area contributed by atoms with Gasteiger partial charge in [0.05, 0.1) is 17.5 Å². The number of halogens is 2. The van der Waals surface area contributed by atoms with Gasteiger partial charge in [-0.1, -0.05) is 0 Å². The minimum Gasteiger partial charge on any atom is -0.368 e. The Morgan fingerprint density at radius 2 is 1.86 bits per heavy atom. The van der Waals surface area contributed by atoms with E-state index < -0.39 is 11.5 Å². The Balaban J connectivity index is 1.15. The summed E-state index contributed by atoms with van der Waals surface area (Å²) in [6, 6.07) is 0.287. The van der Waals surface area contributed by atoms with Crippen molar-refractivity contribution in [2.75, 3.05) is 6.61 Å². The summed E-state index contributed by atoms with van der Waals surface area (Å²) in [5.41, 5.74) is -0.342. The van der Waals surface area contributed by atoms with Crippen molar-refractivity contribution < 1.29 is 18.7 Å². The summed E-state index contributed by atoms with van der Waals surface area (Å²) in [5.74, 6) is -0.0732. The molecule has 4 saturated carbocycles. The summed E-state index contributed by atoms with van der Waals surface area (Å²) in [4.78, 5) is 24.7. The third kappa shape index (κ3) is 4.17. The lowest BCUT2D eigenvalue weighted by Crippen LogP contribution is -2.84. The highest BCUT2D eigenvalue weighted by molar-refractivity contribution is 6.21. The van der Waals surface area contributed by atoms with Crippen molar-refractivity contribution in [2.45, 2.75) is 106 Å². The quantitative estimate of drug-likeness (QED) is 0.579. The molecule has 5 atom stereocenters. The molecule has 2 amide bonds. The molecular formula is C20H31ClFN3O3.